The first kappa shape index (κ1) is 36.2. The number of aliphatic imine (C=N–C) groups is 1. The number of rotatable bonds is 4. The van der Waals surface area contributed by atoms with E-state index in [1.165, 1.54) is 6.07 Å². The molecule has 0 aliphatic carbocycles. The number of allylic oxidation sites excluding steroid dienone is 1. The predicted molar refractivity (Wildman–Crippen MR) is 186 cm³/mol. The molecule has 1 aromatic heterocycles. The number of halogens is 2. The molecular weight excluding hydrogens is 650 g/mol. The SMILES string of the molecule is CN/C1=C(\C=N)c2cc(cc(C)n2)C(=O)/N=C2\Nc3ccc(C(=O)N[C@@H]4CCN(C(=O)OC(C)(C)C)CC4(F)F)cc3N2C[C@H](C)CCCO1. The molecule has 3 aliphatic rings. The Kier molecular flexibility index (Phi) is 10.4. The number of anilines is 2. The van der Waals surface area contributed by atoms with Crippen LogP contribution in [-0.4, -0.2) is 90.8 Å². The molecule has 2 aromatic rings. The van der Waals surface area contributed by atoms with Crippen LogP contribution in [0.25, 0.3) is 5.57 Å². The number of pyridine rings is 1. The van der Waals surface area contributed by atoms with Gasteiger partial charge in [-0.2, -0.15) is 4.99 Å². The monoisotopic (exact) mass is 694 g/mol. The Bertz CT molecular complexity index is 1740. The Morgan fingerprint density at radius 2 is 1.96 bits per heavy atom. The summed E-state index contributed by atoms with van der Waals surface area (Å²) < 4.78 is 41.7. The van der Waals surface area contributed by atoms with Crippen LogP contribution in [0.1, 0.15) is 79.1 Å². The van der Waals surface area contributed by atoms with Crippen molar-refractivity contribution < 1.29 is 32.6 Å². The minimum Gasteiger partial charge on any atom is -0.479 e. The van der Waals surface area contributed by atoms with Crippen LogP contribution in [0.5, 0.6) is 0 Å². The summed E-state index contributed by atoms with van der Waals surface area (Å²) in [7, 11) is 1.69. The van der Waals surface area contributed by atoms with Crippen LogP contribution in [0.3, 0.4) is 0 Å². The smallest absolute Gasteiger partial charge is 0.410 e. The third kappa shape index (κ3) is 8.20. The Morgan fingerprint density at radius 3 is 2.64 bits per heavy atom. The van der Waals surface area contributed by atoms with Crippen molar-refractivity contribution in [2.75, 3.05) is 43.5 Å². The maximum Gasteiger partial charge on any atom is 0.410 e. The normalized spacial score (nSPS) is 23.4. The number of benzene rings is 1. The maximum absolute atomic E-state index is 15.2. The van der Waals surface area contributed by atoms with Crippen LogP contribution in [0.15, 0.2) is 41.2 Å². The Morgan fingerprint density at radius 1 is 1.20 bits per heavy atom. The third-order valence-corrected chi connectivity index (χ3v) is 8.49. The standard InChI is InChI=1S/C35H44F2N8O5/c1-20-8-7-13-49-31(39-6)24(17-38)26-15-23(14-21(2)40-26)30(47)43-32-41-25-10-9-22(16-27(25)45(32)18-20)29(46)42-28-11-12-44(19-35(28,36)37)33(48)50-34(3,4)5/h9-10,14-17,20,28,38-39H,7-8,11-13,18-19H2,1-6H3,(H,42,46)(H,41,43,47)/b31-24-,38-17?/t20-,28-/m1/s1. The van der Waals surface area contributed by atoms with Crippen molar-refractivity contribution in [3.8, 4) is 0 Å². The second-order valence-corrected chi connectivity index (χ2v) is 13.8. The quantitative estimate of drug-likeness (QED) is 0.316. The van der Waals surface area contributed by atoms with Gasteiger partial charge in [-0.1, -0.05) is 6.92 Å². The Balaban J connectivity index is 1.40. The molecule has 0 unspecified atom stereocenters. The van der Waals surface area contributed by atoms with Gasteiger partial charge in [-0.15, -0.1) is 0 Å². The lowest BCUT2D eigenvalue weighted by molar-refractivity contribution is -0.0889. The van der Waals surface area contributed by atoms with E-state index in [1.807, 2.05) is 11.8 Å². The highest BCUT2D eigenvalue weighted by Crippen LogP contribution is 2.35. The molecule has 1 saturated heterocycles. The van der Waals surface area contributed by atoms with E-state index in [0.29, 0.717) is 53.8 Å². The van der Waals surface area contributed by atoms with Gasteiger partial charge in [0.15, 0.2) is 5.88 Å². The van der Waals surface area contributed by atoms with E-state index in [4.69, 9.17) is 14.9 Å². The number of aryl methyl sites for hydroxylation is 1. The molecule has 2 bridgehead atoms. The van der Waals surface area contributed by atoms with Gasteiger partial charge in [0, 0.05) is 43.2 Å². The molecule has 13 nitrogen and oxygen atoms in total. The maximum atomic E-state index is 15.2. The van der Waals surface area contributed by atoms with Crippen molar-refractivity contribution in [2.24, 2.45) is 10.9 Å². The third-order valence-electron chi connectivity index (χ3n) is 8.49. The molecular formula is C35H44F2N8O5. The number of nitrogens with one attached hydrogen (secondary N) is 4. The van der Waals surface area contributed by atoms with Crippen LogP contribution in [0, 0.1) is 18.3 Å². The number of ether oxygens (including phenoxy) is 2. The first-order valence-corrected chi connectivity index (χ1v) is 16.6. The lowest BCUT2D eigenvalue weighted by Gasteiger charge is -2.39. The highest BCUT2D eigenvalue weighted by Gasteiger charge is 2.47. The number of fused-ring (bicyclic) bond motifs is 5. The molecule has 0 saturated carbocycles. The van der Waals surface area contributed by atoms with E-state index in [0.717, 1.165) is 17.5 Å². The number of piperidine rings is 1. The zero-order valence-electron chi connectivity index (χ0n) is 29.2. The summed E-state index contributed by atoms with van der Waals surface area (Å²) in [5.41, 5.74) is 2.08. The van der Waals surface area contributed by atoms with Crippen molar-refractivity contribution in [1.29, 1.82) is 5.41 Å². The zero-order chi connectivity index (χ0) is 36.4. The predicted octanol–water partition coefficient (Wildman–Crippen LogP) is 5.18. The fraction of sp³-hybridized carbons (Fsp3) is 0.486. The Labute approximate surface area is 290 Å². The van der Waals surface area contributed by atoms with Gasteiger partial charge >= 0.3 is 6.09 Å². The van der Waals surface area contributed by atoms with Crippen molar-refractivity contribution in [1.82, 2.24) is 20.5 Å². The number of aromatic nitrogens is 1. The van der Waals surface area contributed by atoms with Crippen LogP contribution >= 0.6 is 0 Å². The van der Waals surface area contributed by atoms with E-state index in [-0.39, 0.29) is 36.0 Å². The largest absolute Gasteiger partial charge is 0.479 e. The summed E-state index contributed by atoms with van der Waals surface area (Å²) in [6, 6.07) is 6.45. The van der Waals surface area contributed by atoms with Crippen molar-refractivity contribution in [3.05, 3.63) is 58.7 Å². The molecule has 3 aliphatic heterocycles. The van der Waals surface area contributed by atoms with Gasteiger partial charge in [0.25, 0.3) is 17.7 Å². The molecule has 0 radical (unpaired) electrons. The van der Waals surface area contributed by atoms with Gasteiger partial charge < -0.3 is 40.6 Å². The number of amides is 3. The topological polar surface area (TPSA) is 161 Å². The fourth-order valence-electron chi connectivity index (χ4n) is 6.06. The number of alkyl halides is 2. The van der Waals surface area contributed by atoms with Gasteiger partial charge in [0.2, 0.25) is 5.96 Å². The molecule has 3 amide bonds. The molecule has 1 aromatic carbocycles. The number of guanidine groups is 1. The minimum atomic E-state index is -3.38. The van der Waals surface area contributed by atoms with Crippen molar-refractivity contribution in [3.63, 3.8) is 0 Å². The van der Waals surface area contributed by atoms with E-state index in [1.54, 1.807) is 59.0 Å². The summed E-state index contributed by atoms with van der Waals surface area (Å²) >= 11 is 0. The molecule has 2 atom stereocenters. The van der Waals surface area contributed by atoms with Gasteiger partial charge in [-0.05, 0) is 83.2 Å². The summed E-state index contributed by atoms with van der Waals surface area (Å²) in [5.74, 6) is -3.91. The summed E-state index contributed by atoms with van der Waals surface area (Å²) in [6.07, 6.45) is 1.58. The number of nitrogens with zero attached hydrogens (tertiary/aromatic N) is 4. The number of carbonyl (C=O) groups is 3. The van der Waals surface area contributed by atoms with Gasteiger partial charge in [0.05, 0.1) is 41.8 Å². The van der Waals surface area contributed by atoms with Gasteiger partial charge in [-0.25, -0.2) is 13.6 Å². The molecule has 15 heteroatoms. The molecule has 5 rings (SSSR count). The molecule has 4 N–H and O–H groups in total. The second kappa shape index (κ2) is 14.4. The molecule has 268 valence electrons. The average molecular weight is 695 g/mol. The van der Waals surface area contributed by atoms with E-state index >= 15 is 8.78 Å². The van der Waals surface area contributed by atoms with E-state index in [9.17, 15) is 14.4 Å². The Hall–Kier alpha value is -5.08. The second-order valence-electron chi connectivity index (χ2n) is 13.8. The highest BCUT2D eigenvalue weighted by atomic mass is 19.3. The summed E-state index contributed by atoms with van der Waals surface area (Å²) in [6.45, 7) is 8.71. The van der Waals surface area contributed by atoms with Crippen LogP contribution in [-0.2, 0) is 9.47 Å². The average Bonchev–Trinajstić information content (AvgIpc) is 3.37. The number of likely N-dealkylation sites (tertiary alicyclic amines) is 1. The molecule has 4 heterocycles. The van der Waals surface area contributed by atoms with Crippen molar-refractivity contribution >= 4 is 47.0 Å². The molecule has 50 heavy (non-hydrogen) atoms. The van der Waals surface area contributed by atoms with Crippen LogP contribution < -0.4 is 20.9 Å². The van der Waals surface area contributed by atoms with Crippen molar-refractivity contribution in [2.45, 2.75) is 71.4 Å². The first-order chi connectivity index (χ1) is 23.6. The zero-order valence-corrected chi connectivity index (χ0v) is 29.2. The highest BCUT2D eigenvalue weighted by molar-refractivity contribution is 6.20. The minimum absolute atomic E-state index is 0.00161. The van der Waals surface area contributed by atoms with Gasteiger partial charge in [0.1, 0.15) is 5.60 Å². The fourth-order valence-corrected chi connectivity index (χ4v) is 6.06. The molecule has 1 fully saturated rings. The summed E-state index contributed by atoms with van der Waals surface area (Å²) in [4.78, 5) is 51.2. The number of carbonyl (C=O) groups excluding carboxylic acids is 3. The van der Waals surface area contributed by atoms with Crippen LogP contribution in [0.4, 0.5) is 25.0 Å². The first-order valence-electron chi connectivity index (χ1n) is 16.6. The lowest BCUT2D eigenvalue weighted by atomic mass is 10.00. The van der Waals surface area contributed by atoms with E-state index in [2.05, 4.69) is 25.9 Å². The number of hydrogen-bond donors (Lipinski definition) is 4. The molecule has 0 spiro atoms. The van der Waals surface area contributed by atoms with E-state index < -0.39 is 42.0 Å². The lowest BCUT2D eigenvalue weighted by Crippen LogP contribution is -2.59. The summed E-state index contributed by atoms with van der Waals surface area (Å²) in [5, 5.41) is 16.7. The van der Waals surface area contributed by atoms with Gasteiger partial charge in [-0.3, -0.25) is 14.6 Å². The van der Waals surface area contributed by atoms with Crippen LogP contribution in [0.2, 0.25) is 0 Å². The number of hydrogen-bond acceptors (Lipinski definition) is 10.